The van der Waals surface area contributed by atoms with Crippen LogP contribution < -0.4 is 0 Å². The Morgan fingerprint density at radius 1 is 1.09 bits per heavy atom. The molecule has 2 aromatic heterocycles. The molecule has 3 rings (SSSR count). The maximum atomic E-state index is 4.78. The van der Waals surface area contributed by atoms with Gasteiger partial charge in [-0.05, 0) is 14.1 Å². The molecule has 5 nitrogen and oxygen atoms in total. The SMILES string of the molecule is CCc1nccc(-n2cc(CN(C)C)c(-c3ccccc3)n2)n1. The molecule has 3 aromatic rings. The van der Waals surface area contributed by atoms with Crippen molar-refractivity contribution in [2.24, 2.45) is 0 Å². The summed E-state index contributed by atoms with van der Waals surface area (Å²) in [5, 5.41) is 4.78. The first-order valence-corrected chi connectivity index (χ1v) is 7.78. The predicted octanol–water partition coefficient (Wildman–Crippen LogP) is 2.95. The van der Waals surface area contributed by atoms with Crippen molar-refractivity contribution in [2.75, 3.05) is 14.1 Å². The third-order valence-electron chi connectivity index (χ3n) is 3.57. The molecule has 0 spiro atoms. The number of rotatable bonds is 5. The van der Waals surface area contributed by atoms with Crippen LogP contribution in [0, 0.1) is 0 Å². The number of nitrogens with zero attached hydrogens (tertiary/aromatic N) is 5. The zero-order valence-electron chi connectivity index (χ0n) is 13.8. The number of benzene rings is 1. The zero-order valence-corrected chi connectivity index (χ0v) is 13.8. The van der Waals surface area contributed by atoms with Gasteiger partial charge < -0.3 is 4.90 Å². The van der Waals surface area contributed by atoms with E-state index in [2.05, 4.69) is 54.2 Å². The molecule has 0 bridgehead atoms. The van der Waals surface area contributed by atoms with E-state index in [0.717, 1.165) is 35.9 Å². The van der Waals surface area contributed by atoms with Crippen LogP contribution in [0.2, 0.25) is 0 Å². The van der Waals surface area contributed by atoms with Crippen LogP contribution in [0.25, 0.3) is 17.1 Å². The standard InChI is InChI=1S/C18H21N5/c1-4-16-19-11-10-17(20-16)23-13-15(12-22(2)3)18(21-23)14-8-6-5-7-9-14/h5-11,13H,4,12H2,1-3H3. The molecule has 0 radical (unpaired) electrons. The molecule has 0 aliphatic heterocycles. The van der Waals surface area contributed by atoms with E-state index in [1.54, 1.807) is 6.20 Å². The van der Waals surface area contributed by atoms with Gasteiger partial charge in [-0.3, -0.25) is 0 Å². The minimum Gasteiger partial charge on any atom is -0.305 e. The van der Waals surface area contributed by atoms with Crippen LogP contribution >= 0.6 is 0 Å². The summed E-state index contributed by atoms with van der Waals surface area (Å²) in [6.07, 6.45) is 4.66. The van der Waals surface area contributed by atoms with E-state index in [1.165, 1.54) is 5.56 Å². The lowest BCUT2D eigenvalue weighted by Crippen LogP contribution is -2.10. The first-order valence-electron chi connectivity index (χ1n) is 7.78. The smallest absolute Gasteiger partial charge is 0.157 e. The van der Waals surface area contributed by atoms with Gasteiger partial charge in [0, 0.05) is 42.6 Å². The fraction of sp³-hybridized carbons (Fsp3) is 0.278. The molecule has 5 heteroatoms. The molecular formula is C18H21N5. The maximum absolute atomic E-state index is 4.78. The van der Waals surface area contributed by atoms with Gasteiger partial charge in [0.25, 0.3) is 0 Å². The van der Waals surface area contributed by atoms with Crippen molar-refractivity contribution < 1.29 is 0 Å². The van der Waals surface area contributed by atoms with Crippen LogP contribution in [0.15, 0.2) is 48.8 Å². The van der Waals surface area contributed by atoms with Crippen LogP contribution in [0.5, 0.6) is 0 Å². The van der Waals surface area contributed by atoms with E-state index in [4.69, 9.17) is 5.10 Å². The van der Waals surface area contributed by atoms with Crippen LogP contribution in [-0.2, 0) is 13.0 Å². The van der Waals surface area contributed by atoms with Gasteiger partial charge in [0.2, 0.25) is 0 Å². The van der Waals surface area contributed by atoms with Gasteiger partial charge >= 0.3 is 0 Å². The fourth-order valence-corrected chi connectivity index (χ4v) is 2.51. The summed E-state index contributed by atoms with van der Waals surface area (Å²) in [7, 11) is 4.12. The first-order chi connectivity index (χ1) is 11.2. The molecule has 0 saturated carbocycles. The second-order valence-corrected chi connectivity index (χ2v) is 5.74. The van der Waals surface area contributed by atoms with Crippen molar-refractivity contribution in [2.45, 2.75) is 19.9 Å². The van der Waals surface area contributed by atoms with Crippen molar-refractivity contribution in [3.63, 3.8) is 0 Å². The van der Waals surface area contributed by atoms with E-state index in [-0.39, 0.29) is 0 Å². The highest BCUT2D eigenvalue weighted by Gasteiger charge is 2.13. The highest BCUT2D eigenvalue weighted by atomic mass is 15.3. The zero-order chi connectivity index (χ0) is 16.2. The Labute approximate surface area is 136 Å². The summed E-state index contributed by atoms with van der Waals surface area (Å²) in [6.45, 7) is 2.88. The summed E-state index contributed by atoms with van der Waals surface area (Å²) >= 11 is 0. The normalized spacial score (nSPS) is 11.1. The van der Waals surface area contributed by atoms with Gasteiger partial charge in [-0.15, -0.1) is 0 Å². The van der Waals surface area contributed by atoms with Gasteiger partial charge in [0.1, 0.15) is 5.82 Å². The van der Waals surface area contributed by atoms with Crippen molar-refractivity contribution >= 4 is 0 Å². The Hall–Kier alpha value is -2.53. The van der Waals surface area contributed by atoms with E-state index >= 15 is 0 Å². The van der Waals surface area contributed by atoms with Crippen LogP contribution in [0.1, 0.15) is 18.3 Å². The fourth-order valence-electron chi connectivity index (χ4n) is 2.51. The summed E-state index contributed by atoms with van der Waals surface area (Å²) in [6, 6.07) is 12.2. The molecule has 0 aliphatic carbocycles. The highest BCUT2D eigenvalue weighted by Crippen LogP contribution is 2.24. The average molecular weight is 307 g/mol. The Bertz CT molecular complexity index is 777. The first kappa shape index (κ1) is 15.4. The minimum atomic E-state index is 0.805. The lowest BCUT2D eigenvalue weighted by Gasteiger charge is -2.08. The monoisotopic (exact) mass is 307 g/mol. The molecule has 0 amide bonds. The van der Waals surface area contributed by atoms with Crippen molar-refractivity contribution in [3.05, 3.63) is 60.2 Å². The van der Waals surface area contributed by atoms with Crippen LogP contribution in [0.4, 0.5) is 0 Å². The van der Waals surface area contributed by atoms with E-state index < -0.39 is 0 Å². The Kier molecular flexibility index (Phi) is 4.48. The van der Waals surface area contributed by atoms with Crippen LogP contribution in [-0.4, -0.2) is 38.7 Å². The number of hydrogen-bond acceptors (Lipinski definition) is 4. The largest absolute Gasteiger partial charge is 0.305 e. The van der Waals surface area contributed by atoms with Gasteiger partial charge in [-0.2, -0.15) is 5.10 Å². The second kappa shape index (κ2) is 6.71. The summed E-state index contributed by atoms with van der Waals surface area (Å²) in [5.74, 6) is 1.63. The van der Waals surface area contributed by atoms with Gasteiger partial charge in [0.05, 0.1) is 5.69 Å². The molecule has 0 saturated heterocycles. The van der Waals surface area contributed by atoms with Crippen molar-refractivity contribution in [1.29, 1.82) is 0 Å². The number of aryl methyl sites for hydroxylation is 1. The third kappa shape index (κ3) is 3.46. The lowest BCUT2D eigenvalue weighted by molar-refractivity contribution is 0.403. The molecule has 0 fully saturated rings. The van der Waals surface area contributed by atoms with Gasteiger partial charge in [-0.25, -0.2) is 14.6 Å². The molecule has 0 aliphatic rings. The highest BCUT2D eigenvalue weighted by molar-refractivity contribution is 5.63. The molecule has 23 heavy (non-hydrogen) atoms. The lowest BCUT2D eigenvalue weighted by atomic mass is 10.1. The topological polar surface area (TPSA) is 46.8 Å². The molecule has 1 aromatic carbocycles. The molecular weight excluding hydrogens is 286 g/mol. The Balaban J connectivity index is 2.07. The molecule has 0 N–H and O–H groups in total. The van der Waals surface area contributed by atoms with Gasteiger partial charge in [0.15, 0.2) is 5.82 Å². The minimum absolute atomic E-state index is 0.805. The summed E-state index contributed by atoms with van der Waals surface area (Å²) < 4.78 is 1.85. The van der Waals surface area contributed by atoms with Crippen molar-refractivity contribution in [1.82, 2.24) is 24.6 Å². The molecule has 118 valence electrons. The van der Waals surface area contributed by atoms with E-state index in [9.17, 15) is 0 Å². The Morgan fingerprint density at radius 3 is 2.57 bits per heavy atom. The predicted molar refractivity (Wildman–Crippen MR) is 91.4 cm³/mol. The molecule has 2 heterocycles. The molecule has 0 atom stereocenters. The molecule has 0 unspecified atom stereocenters. The average Bonchev–Trinajstić information content (AvgIpc) is 2.99. The Morgan fingerprint density at radius 2 is 1.87 bits per heavy atom. The maximum Gasteiger partial charge on any atom is 0.157 e. The van der Waals surface area contributed by atoms with Gasteiger partial charge in [-0.1, -0.05) is 37.3 Å². The number of hydrogen-bond donors (Lipinski definition) is 0. The quantitative estimate of drug-likeness (QED) is 0.727. The third-order valence-corrected chi connectivity index (χ3v) is 3.57. The second-order valence-electron chi connectivity index (χ2n) is 5.74. The van der Waals surface area contributed by atoms with Crippen LogP contribution in [0.3, 0.4) is 0 Å². The summed E-state index contributed by atoms with van der Waals surface area (Å²) in [4.78, 5) is 11.0. The van der Waals surface area contributed by atoms with E-state index in [0.29, 0.717) is 0 Å². The number of aromatic nitrogens is 4. The van der Waals surface area contributed by atoms with Crippen molar-refractivity contribution in [3.8, 4) is 17.1 Å². The summed E-state index contributed by atoms with van der Waals surface area (Å²) in [5.41, 5.74) is 3.29. The van der Waals surface area contributed by atoms with E-state index in [1.807, 2.05) is 28.9 Å².